The largest absolute Gasteiger partial charge is 0.573 e. The van der Waals surface area contributed by atoms with Crippen LogP contribution in [-0.4, -0.2) is 19.8 Å². The van der Waals surface area contributed by atoms with E-state index in [1.54, 1.807) is 12.1 Å². The van der Waals surface area contributed by atoms with Gasteiger partial charge in [-0.05, 0) is 41.3 Å². The van der Waals surface area contributed by atoms with Crippen molar-refractivity contribution in [3.63, 3.8) is 0 Å². The first-order chi connectivity index (χ1) is 12.7. The molecule has 3 aromatic rings. The Bertz CT molecular complexity index is 1020. The van der Waals surface area contributed by atoms with E-state index in [9.17, 15) is 21.6 Å². The van der Waals surface area contributed by atoms with Crippen LogP contribution in [0.3, 0.4) is 0 Å². The van der Waals surface area contributed by atoms with Crippen molar-refractivity contribution in [1.82, 2.24) is 9.71 Å². The van der Waals surface area contributed by atoms with E-state index in [2.05, 4.69) is 14.4 Å². The number of sulfonamides is 1. The van der Waals surface area contributed by atoms with Gasteiger partial charge in [-0.2, -0.15) is 11.3 Å². The van der Waals surface area contributed by atoms with E-state index < -0.39 is 27.0 Å². The topological polar surface area (TPSA) is 68.3 Å². The molecule has 0 aliphatic carbocycles. The number of hydrogen-bond acceptors (Lipinski definition) is 5. The first kappa shape index (κ1) is 19.3. The number of hydrogen-bond donors (Lipinski definition) is 1. The SMILES string of the molecule is O=S(=O)(NCc1ccnc(-c2ccsc2)c1)c1ccccc1OC(F)(F)F. The second kappa shape index (κ2) is 7.67. The van der Waals surface area contributed by atoms with Gasteiger partial charge in [-0.15, -0.1) is 13.2 Å². The lowest BCUT2D eigenvalue weighted by Gasteiger charge is -2.14. The number of benzene rings is 1. The summed E-state index contributed by atoms with van der Waals surface area (Å²) in [7, 11) is -4.22. The summed E-state index contributed by atoms with van der Waals surface area (Å²) >= 11 is 1.50. The number of nitrogens with zero attached hydrogens (tertiary/aromatic N) is 1. The Hall–Kier alpha value is -2.43. The highest BCUT2D eigenvalue weighted by Gasteiger charge is 2.33. The summed E-state index contributed by atoms with van der Waals surface area (Å²) in [6.45, 7) is -0.109. The van der Waals surface area contributed by atoms with Crippen molar-refractivity contribution in [2.75, 3.05) is 0 Å². The molecular weight excluding hydrogens is 401 g/mol. The molecule has 0 aliphatic heterocycles. The van der Waals surface area contributed by atoms with Gasteiger partial charge >= 0.3 is 6.36 Å². The zero-order valence-corrected chi connectivity index (χ0v) is 15.2. The minimum atomic E-state index is -4.99. The molecule has 2 heterocycles. The van der Waals surface area contributed by atoms with E-state index in [0.717, 1.165) is 17.7 Å². The van der Waals surface area contributed by atoms with Crippen LogP contribution in [0.1, 0.15) is 5.56 Å². The average molecular weight is 414 g/mol. The number of pyridine rings is 1. The van der Waals surface area contributed by atoms with Crippen molar-refractivity contribution in [2.45, 2.75) is 17.8 Å². The molecule has 0 spiro atoms. The van der Waals surface area contributed by atoms with Crippen LogP contribution >= 0.6 is 11.3 Å². The first-order valence-corrected chi connectivity index (χ1v) is 9.99. The highest BCUT2D eigenvalue weighted by atomic mass is 32.2. The van der Waals surface area contributed by atoms with Crippen molar-refractivity contribution in [1.29, 1.82) is 0 Å². The number of para-hydroxylation sites is 1. The molecule has 142 valence electrons. The van der Waals surface area contributed by atoms with E-state index in [4.69, 9.17) is 0 Å². The van der Waals surface area contributed by atoms with E-state index >= 15 is 0 Å². The molecule has 0 atom stereocenters. The normalized spacial score (nSPS) is 12.1. The Morgan fingerprint density at radius 1 is 1.15 bits per heavy atom. The number of rotatable bonds is 6. The second-order valence-corrected chi connectivity index (χ2v) is 7.90. The maximum atomic E-state index is 12.5. The maximum absolute atomic E-state index is 12.5. The van der Waals surface area contributed by atoms with E-state index in [1.807, 2.05) is 16.8 Å². The van der Waals surface area contributed by atoms with E-state index in [1.165, 1.54) is 29.7 Å². The molecule has 0 radical (unpaired) electrons. The van der Waals surface area contributed by atoms with Gasteiger partial charge in [0.2, 0.25) is 10.0 Å². The number of thiophene rings is 1. The predicted octanol–water partition coefficient (Wildman–Crippen LogP) is 4.19. The molecule has 1 aromatic carbocycles. The number of alkyl halides is 3. The minimum absolute atomic E-state index is 0.109. The lowest BCUT2D eigenvalue weighted by Crippen LogP contribution is -2.25. The molecule has 0 unspecified atom stereocenters. The molecule has 27 heavy (non-hydrogen) atoms. The van der Waals surface area contributed by atoms with Crippen LogP contribution in [0.5, 0.6) is 5.75 Å². The van der Waals surface area contributed by atoms with Crippen LogP contribution in [-0.2, 0) is 16.6 Å². The van der Waals surface area contributed by atoms with Gasteiger partial charge < -0.3 is 4.74 Å². The van der Waals surface area contributed by atoms with Crippen molar-refractivity contribution < 1.29 is 26.3 Å². The third-order valence-corrected chi connectivity index (χ3v) is 5.60. The van der Waals surface area contributed by atoms with Crippen LogP contribution in [0.2, 0.25) is 0 Å². The van der Waals surface area contributed by atoms with Gasteiger partial charge in [0.05, 0.1) is 5.69 Å². The lowest BCUT2D eigenvalue weighted by atomic mass is 10.1. The van der Waals surface area contributed by atoms with Gasteiger partial charge in [-0.25, -0.2) is 13.1 Å². The Labute approximate surface area is 157 Å². The zero-order valence-electron chi connectivity index (χ0n) is 13.6. The molecule has 0 amide bonds. The maximum Gasteiger partial charge on any atom is 0.573 e. The molecule has 0 fully saturated rings. The fourth-order valence-electron chi connectivity index (χ4n) is 2.29. The van der Waals surface area contributed by atoms with Crippen molar-refractivity contribution in [3.05, 3.63) is 65.0 Å². The van der Waals surface area contributed by atoms with Crippen LogP contribution in [0.4, 0.5) is 13.2 Å². The number of nitrogens with one attached hydrogen (secondary N) is 1. The fourth-order valence-corrected chi connectivity index (χ4v) is 4.08. The fraction of sp³-hybridized carbons (Fsp3) is 0.118. The first-order valence-electron chi connectivity index (χ1n) is 7.56. The second-order valence-electron chi connectivity index (χ2n) is 5.38. The molecule has 0 saturated heterocycles. The van der Waals surface area contributed by atoms with Crippen molar-refractivity contribution in [2.24, 2.45) is 0 Å². The average Bonchev–Trinajstić information content (AvgIpc) is 3.14. The molecule has 1 N–H and O–H groups in total. The predicted molar refractivity (Wildman–Crippen MR) is 94.7 cm³/mol. The summed E-state index contributed by atoms with van der Waals surface area (Å²) in [5.74, 6) is -0.786. The molecule has 0 bridgehead atoms. The Kier molecular flexibility index (Phi) is 5.49. The Morgan fingerprint density at radius 3 is 2.63 bits per heavy atom. The summed E-state index contributed by atoms with van der Waals surface area (Å²) in [6.07, 6.45) is -3.45. The van der Waals surface area contributed by atoms with Crippen molar-refractivity contribution in [3.8, 4) is 17.0 Å². The standard InChI is InChI=1S/C17H13F3N2O3S2/c18-17(19,20)25-15-3-1-2-4-16(15)27(23,24)22-10-12-5-7-21-14(9-12)13-6-8-26-11-13/h1-9,11,22H,10H2. The summed E-state index contributed by atoms with van der Waals surface area (Å²) in [4.78, 5) is 3.63. The summed E-state index contributed by atoms with van der Waals surface area (Å²) in [5, 5.41) is 3.80. The molecule has 3 rings (SSSR count). The van der Waals surface area contributed by atoms with E-state index in [0.29, 0.717) is 11.3 Å². The lowest BCUT2D eigenvalue weighted by molar-refractivity contribution is -0.275. The third-order valence-electron chi connectivity index (χ3n) is 3.47. The smallest absolute Gasteiger partial charge is 0.404 e. The number of halogens is 3. The highest BCUT2D eigenvalue weighted by molar-refractivity contribution is 7.89. The van der Waals surface area contributed by atoms with Gasteiger partial charge in [0.25, 0.3) is 0 Å². The quantitative estimate of drug-likeness (QED) is 0.657. The van der Waals surface area contributed by atoms with Crippen LogP contribution in [0.15, 0.2) is 64.3 Å². The molecular formula is C17H13F3N2O3S2. The molecule has 0 aliphatic rings. The number of aromatic nitrogens is 1. The third kappa shape index (κ3) is 5.06. The van der Waals surface area contributed by atoms with Crippen molar-refractivity contribution >= 4 is 21.4 Å². The summed E-state index contributed by atoms with van der Waals surface area (Å²) in [6, 6.07) is 9.79. The van der Waals surface area contributed by atoms with Crippen LogP contribution < -0.4 is 9.46 Å². The highest BCUT2D eigenvalue weighted by Crippen LogP contribution is 2.29. The van der Waals surface area contributed by atoms with Gasteiger partial charge in [0.15, 0.2) is 0 Å². The molecule has 10 heteroatoms. The molecule has 5 nitrogen and oxygen atoms in total. The zero-order chi connectivity index (χ0) is 19.5. The van der Waals surface area contributed by atoms with Gasteiger partial charge in [-0.3, -0.25) is 4.98 Å². The van der Waals surface area contributed by atoms with E-state index in [-0.39, 0.29) is 6.54 Å². The summed E-state index contributed by atoms with van der Waals surface area (Å²) in [5.41, 5.74) is 2.19. The monoisotopic (exact) mass is 414 g/mol. The number of ether oxygens (including phenoxy) is 1. The molecule has 0 saturated carbocycles. The minimum Gasteiger partial charge on any atom is -0.404 e. The molecule has 2 aromatic heterocycles. The van der Waals surface area contributed by atoms with Gasteiger partial charge in [0.1, 0.15) is 10.6 Å². The van der Waals surface area contributed by atoms with Gasteiger partial charge in [0, 0.05) is 23.7 Å². The Balaban J connectivity index is 1.79. The Morgan fingerprint density at radius 2 is 1.93 bits per heavy atom. The summed E-state index contributed by atoms with van der Waals surface area (Å²) < 4.78 is 68.5. The van der Waals surface area contributed by atoms with Crippen LogP contribution in [0.25, 0.3) is 11.3 Å². The van der Waals surface area contributed by atoms with Crippen LogP contribution in [0, 0.1) is 0 Å². The van der Waals surface area contributed by atoms with Gasteiger partial charge in [-0.1, -0.05) is 12.1 Å².